The highest BCUT2D eigenvalue weighted by Gasteiger charge is 2.29. The van der Waals surface area contributed by atoms with Crippen LogP contribution in [-0.2, 0) is 0 Å². The Bertz CT molecular complexity index is 1840. The monoisotopic (exact) mass is 846 g/mol. The second kappa shape index (κ2) is 13.7. The van der Waals surface area contributed by atoms with Gasteiger partial charge in [0.2, 0.25) is 0 Å². The summed E-state index contributed by atoms with van der Waals surface area (Å²) in [6, 6.07) is 56.6. The number of benzene rings is 7. The van der Waals surface area contributed by atoms with E-state index in [4.69, 9.17) is 0 Å². The maximum absolute atomic E-state index is 3.70. The summed E-state index contributed by atoms with van der Waals surface area (Å²) in [5.74, 6) is 0. The summed E-state index contributed by atoms with van der Waals surface area (Å²) in [7, 11) is 0. The molecule has 0 saturated heterocycles. The average Bonchev–Trinajstić information content (AvgIpc) is 3.09. The predicted molar refractivity (Wildman–Crippen MR) is 210 cm³/mol. The summed E-state index contributed by atoms with van der Waals surface area (Å²) >= 11 is 14.8. The summed E-state index contributed by atoms with van der Waals surface area (Å²) in [5.41, 5.74) is 14.1. The van der Waals surface area contributed by atoms with Crippen molar-refractivity contribution in [3.8, 4) is 66.8 Å². The predicted octanol–water partition coefficient (Wildman–Crippen LogP) is 14.7. The van der Waals surface area contributed by atoms with Crippen molar-refractivity contribution in [2.75, 3.05) is 0 Å². The fourth-order valence-electron chi connectivity index (χ4n) is 6.16. The van der Waals surface area contributed by atoms with Crippen molar-refractivity contribution in [3.63, 3.8) is 0 Å². The molecule has 7 aromatic carbocycles. The average molecular weight is 850 g/mol. The quantitative estimate of drug-likeness (QED) is 0.156. The Morgan fingerprint density at radius 1 is 0.196 bits per heavy atom. The fraction of sp³-hybridized carbons (Fsp3) is 0. The number of hydrogen-bond acceptors (Lipinski definition) is 0. The molecule has 222 valence electrons. The van der Waals surface area contributed by atoms with E-state index in [9.17, 15) is 0 Å². The Morgan fingerprint density at radius 3 is 0.565 bits per heavy atom. The van der Waals surface area contributed by atoms with Gasteiger partial charge in [0.15, 0.2) is 0 Å². The second-order valence-corrected chi connectivity index (χ2v) is 14.7. The molecule has 0 aliphatic heterocycles. The van der Waals surface area contributed by atoms with Gasteiger partial charge in [-0.1, -0.05) is 173 Å². The van der Waals surface area contributed by atoms with E-state index in [0.29, 0.717) is 0 Å². The van der Waals surface area contributed by atoms with Crippen LogP contribution >= 0.6 is 63.7 Å². The van der Waals surface area contributed by atoms with Crippen LogP contribution in [0.4, 0.5) is 0 Å². The lowest BCUT2D eigenvalue weighted by atomic mass is 9.74. The van der Waals surface area contributed by atoms with E-state index in [1.165, 1.54) is 33.4 Å². The number of hydrogen-bond donors (Lipinski definition) is 0. The van der Waals surface area contributed by atoms with E-state index in [1.807, 2.05) is 0 Å². The van der Waals surface area contributed by atoms with E-state index in [2.05, 4.69) is 221 Å². The normalized spacial score (nSPS) is 11.0. The molecule has 0 aromatic heterocycles. The molecule has 0 heterocycles. The van der Waals surface area contributed by atoms with E-state index in [0.717, 1.165) is 51.3 Å². The van der Waals surface area contributed by atoms with Crippen molar-refractivity contribution in [1.82, 2.24) is 0 Å². The molecule has 0 atom stereocenters. The van der Waals surface area contributed by atoms with Gasteiger partial charge in [0.25, 0.3) is 0 Å². The molecule has 0 aliphatic carbocycles. The first kappa shape index (κ1) is 31.1. The van der Waals surface area contributed by atoms with E-state index in [1.54, 1.807) is 0 Å². The van der Waals surface area contributed by atoms with Gasteiger partial charge in [0.05, 0.1) is 0 Å². The Balaban J connectivity index is 1.81. The van der Waals surface area contributed by atoms with Crippen LogP contribution in [0.2, 0.25) is 0 Å². The van der Waals surface area contributed by atoms with Crippen LogP contribution in [0.5, 0.6) is 0 Å². The Kier molecular flexibility index (Phi) is 9.24. The van der Waals surface area contributed by atoms with Crippen molar-refractivity contribution in [2.24, 2.45) is 0 Å². The van der Waals surface area contributed by atoms with Crippen molar-refractivity contribution in [3.05, 3.63) is 176 Å². The van der Waals surface area contributed by atoms with Crippen molar-refractivity contribution in [1.29, 1.82) is 0 Å². The van der Waals surface area contributed by atoms with Crippen LogP contribution in [-0.4, -0.2) is 0 Å². The summed E-state index contributed by atoms with van der Waals surface area (Å²) in [4.78, 5) is 0. The topological polar surface area (TPSA) is 0 Å². The SMILES string of the molecule is Brc1ccc(-c2c(-c3ccccc3)c(-c3ccc(Br)cc3)c(-c3ccc(Br)cc3)c(-c3ccccc3)c2-c2ccc(Br)cc2)cc1. The summed E-state index contributed by atoms with van der Waals surface area (Å²) in [6.45, 7) is 0. The van der Waals surface area contributed by atoms with Crippen molar-refractivity contribution < 1.29 is 0 Å². The summed E-state index contributed by atoms with van der Waals surface area (Å²) < 4.78 is 4.19. The molecule has 7 aromatic rings. The Hall–Kier alpha value is -3.54. The van der Waals surface area contributed by atoms with Crippen LogP contribution in [0.1, 0.15) is 0 Å². The molecule has 0 fully saturated rings. The van der Waals surface area contributed by atoms with Gasteiger partial charge in [0, 0.05) is 17.9 Å². The minimum Gasteiger partial charge on any atom is -0.0622 e. The third-order valence-electron chi connectivity index (χ3n) is 8.16. The Morgan fingerprint density at radius 2 is 0.370 bits per heavy atom. The molecule has 46 heavy (non-hydrogen) atoms. The summed E-state index contributed by atoms with van der Waals surface area (Å²) in [6.07, 6.45) is 0. The standard InChI is InChI=1S/C42H26Br4/c43-33-19-11-29(12-20-33)39-37(27-7-3-1-4-8-27)40(30-13-21-34(44)22-14-30)42(32-17-25-36(46)26-18-32)38(28-9-5-2-6-10-28)41(39)31-15-23-35(45)24-16-31/h1-26H. The molecule has 0 unspecified atom stereocenters. The highest BCUT2D eigenvalue weighted by Crippen LogP contribution is 2.56. The van der Waals surface area contributed by atoms with E-state index < -0.39 is 0 Å². The fourth-order valence-corrected chi connectivity index (χ4v) is 7.22. The molecule has 7 rings (SSSR count). The minimum atomic E-state index is 1.05. The molecule has 0 saturated carbocycles. The van der Waals surface area contributed by atoms with Gasteiger partial charge in [0.1, 0.15) is 0 Å². The van der Waals surface area contributed by atoms with Gasteiger partial charge >= 0.3 is 0 Å². The highest BCUT2D eigenvalue weighted by atomic mass is 79.9. The van der Waals surface area contributed by atoms with Crippen molar-refractivity contribution in [2.45, 2.75) is 0 Å². The second-order valence-electron chi connectivity index (χ2n) is 11.0. The zero-order valence-electron chi connectivity index (χ0n) is 24.5. The molecule has 0 amide bonds. The Labute approximate surface area is 303 Å². The molecule has 0 spiro atoms. The van der Waals surface area contributed by atoms with E-state index in [-0.39, 0.29) is 0 Å². The zero-order chi connectivity index (χ0) is 31.6. The molecule has 0 N–H and O–H groups in total. The molecular weight excluding hydrogens is 824 g/mol. The minimum absolute atomic E-state index is 1.05. The first-order chi connectivity index (χ1) is 22.5. The molecule has 0 bridgehead atoms. The number of halogens is 4. The van der Waals surface area contributed by atoms with Gasteiger partial charge in [-0.05, 0) is 115 Å². The number of rotatable bonds is 6. The summed E-state index contributed by atoms with van der Waals surface area (Å²) in [5, 5.41) is 0. The molecular formula is C42H26Br4. The maximum Gasteiger partial charge on any atom is 0.0175 e. The van der Waals surface area contributed by atoms with Crippen LogP contribution in [0.15, 0.2) is 176 Å². The van der Waals surface area contributed by atoms with Gasteiger partial charge < -0.3 is 0 Å². The van der Waals surface area contributed by atoms with E-state index >= 15 is 0 Å². The lowest BCUT2D eigenvalue weighted by Gasteiger charge is -2.29. The highest BCUT2D eigenvalue weighted by molar-refractivity contribution is 9.11. The molecule has 0 radical (unpaired) electrons. The molecule has 4 heteroatoms. The lowest BCUT2D eigenvalue weighted by Crippen LogP contribution is -2.02. The van der Waals surface area contributed by atoms with Gasteiger partial charge in [-0.2, -0.15) is 0 Å². The largest absolute Gasteiger partial charge is 0.0622 e. The van der Waals surface area contributed by atoms with Gasteiger partial charge in [-0.3, -0.25) is 0 Å². The van der Waals surface area contributed by atoms with Gasteiger partial charge in [-0.25, -0.2) is 0 Å². The molecule has 0 nitrogen and oxygen atoms in total. The third-order valence-corrected chi connectivity index (χ3v) is 10.3. The maximum atomic E-state index is 3.70. The van der Waals surface area contributed by atoms with Crippen molar-refractivity contribution >= 4 is 63.7 Å². The van der Waals surface area contributed by atoms with Crippen LogP contribution in [0.3, 0.4) is 0 Å². The first-order valence-corrected chi connectivity index (χ1v) is 18.0. The first-order valence-electron chi connectivity index (χ1n) is 14.9. The zero-order valence-corrected chi connectivity index (χ0v) is 30.9. The smallest absolute Gasteiger partial charge is 0.0175 e. The van der Waals surface area contributed by atoms with Crippen LogP contribution in [0, 0.1) is 0 Å². The third kappa shape index (κ3) is 6.24. The van der Waals surface area contributed by atoms with Crippen LogP contribution in [0.25, 0.3) is 66.8 Å². The van der Waals surface area contributed by atoms with Crippen LogP contribution < -0.4 is 0 Å². The lowest BCUT2D eigenvalue weighted by molar-refractivity contribution is 1.50. The molecule has 0 aliphatic rings. The van der Waals surface area contributed by atoms with Gasteiger partial charge in [-0.15, -0.1) is 0 Å².